The number of fused-ring (bicyclic) bond motifs is 1. The van der Waals surface area contributed by atoms with Gasteiger partial charge in [-0.1, -0.05) is 0 Å². The summed E-state index contributed by atoms with van der Waals surface area (Å²) in [5, 5.41) is 3.37. The smallest absolute Gasteiger partial charge is 0.194 e. The van der Waals surface area contributed by atoms with Crippen molar-refractivity contribution in [2.24, 2.45) is 4.99 Å². The van der Waals surface area contributed by atoms with Crippen molar-refractivity contribution in [3.8, 4) is 17.2 Å². The summed E-state index contributed by atoms with van der Waals surface area (Å²) in [5.41, 5.74) is 2.52. The first-order valence-electron chi connectivity index (χ1n) is 8.97. The zero-order chi connectivity index (χ0) is 19.1. The van der Waals surface area contributed by atoms with Gasteiger partial charge in [0.2, 0.25) is 0 Å². The molecule has 28 heavy (non-hydrogen) atoms. The van der Waals surface area contributed by atoms with Crippen molar-refractivity contribution in [2.75, 3.05) is 41.0 Å². The van der Waals surface area contributed by atoms with Gasteiger partial charge in [-0.2, -0.15) is 0 Å². The molecule has 0 unspecified atom stereocenters. The van der Waals surface area contributed by atoms with Crippen molar-refractivity contribution in [1.82, 2.24) is 15.2 Å². The zero-order valence-electron chi connectivity index (χ0n) is 16.5. The Balaban J connectivity index is 0.00000280. The van der Waals surface area contributed by atoms with Gasteiger partial charge in [-0.15, -0.1) is 24.0 Å². The molecule has 2 aromatic rings. The Morgan fingerprint density at radius 2 is 1.96 bits per heavy atom. The van der Waals surface area contributed by atoms with E-state index in [0.29, 0.717) is 13.2 Å². The lowest BCUT2D eigenvalue weighted by Crippen LogP contribution is -2.45. The SMILES string of the molecule is CN=C(NCCOc1cccnc1)N1CCc2cc(OC)c(OC)cc2C1.I. The molecule has 8 heteroatoms. The number of hydrogen-bond acceptors (Lipinski definition) is 5. The third-order valence-electron chi connectivity index (χ3n) is 4.52. The number of halogens is 1. The van der Waals surface area contributed by atoms with Gasteiger partial charge in [0.15, 0.2) is 17.5 Å². The van der Waals surface area contributed by atoms with Crippen LogP contribution >= 0.6 is 24.0 Å². The first kappa shape index (κ1) is 22.1. The number of rotatable bonds is 6. The number of nitrogens with one attached hydrogen (secondary N) is 1. The van der Waals surface area contributed by atoms with E-state index in [1.807, 2.05) is 12.1 Å². The third kappa shape index (κ3) is 5.40. The Kier molecular flexibility index (Phi) is 8.62. The van der Waals surface area contributed by atoms with Crippen LogP contribution in [-0.4, -0.2) is 56.8 Å². The molecule has 1 aliphatic rings. The topological polar surface area (TPSA) is 68.2 Å². The minimum absolute atomic E-state index is 0. The molecule has 1 aromatic heterocycles. The maximum absolute atomic E-state index is 5.67. The summed E-state index contributed by atoms with van der Waals surface area (Å²) in [6.07, 6.45) is 4.37. The fourth-order valence-corrected chi connectivity index (χ4v) is 3.16. The van der Waals surface area contributed by atoms with E-state index in [-0.39, 0.29) is 24.0 Å². The summed E-state index contributed by atoms with van der Waals surface area (Å²) >= 11 is 0. The van der Waals surface area contributed by atoms with Crippen molar-refractivity contribution >= 4 is 29.9 Å². The van der Waals surface area contributed by atoms with Gasteiger partial charge in [0, 0.05) is 26.3 Å². The van der Waals surface area contributed by atoms with Crippen LogP contribution in [0.5, 0.6) is 17.2 Å². The quantitative estimate of drug-likeness (QED) is 0.286. The third-order valence-corrected chi connectivity index (χ3v) is 4.52. The fraction of sp³-hybridized carbons (Fsp3) is 0.400. The molecule has 0 fully saturated rings. The molecule has 7 nitrogen and oxygen atoms in total. The van der Waals surface area contributed by atoms with Gasteiger partial charge in [0.05, 0.1) is 27.0 Å². The number of nitrogens with zero attached hydrogens (tertiary/aromatic N) is 3. The van der Waals surface area contributed by atoms with Gasteiger partial charge in [-0.25, -0.2) is 0 Å². The largest absolute Gasteiger partial charge is 0.493 e. The predicted molar refractivity (Wildman–Crippen MR) is 120 cm³/mol. The summed E-state index contributed by atoms with van der Waals surface area (Å²) in [7, 11) is 5.13. The van der Waals surface area contributed by atoms with Crippen LogP contribution in [0.2, 0.25) is 0 Å². The van der Waals surface area contributed by atoms with Crippen LogP contribution in [0.1, 0.15) is 11.1 Å². The first-order valence-corrected chi connectivity index (χ1v) is 8.97. The number of guanidine groups is 1. The Morgan fingerprint density at radius 1 is 1.21 bits per heavy atom. The second-order valence-corrected chi connectivity index (χ2v) is 6.16. The number of hydrogen-bond donors (Lipinski definition) is 1. The van der Waals surface area contributed by atoms with Crippen LogP contribution in [0.4, 0.5) is 0 Å². The van der Waals surface area contributed by atoms with E-state index in [4.69, 9.17) is 14.2 Å². The second-order valence-electron chi connectivity index (χ2n) is 6.16. The first-order chi connectivity index (χ1) is 13.2. The molecule has 1 N–H and O–H groups in total. The zero-order valence-corrected chi connectivity index (χ0v) is 18.8. The summed E-state index contributed by atoms with van der Waals surface area (Å²) in [6, 6.07) is 7.88. The fourth-order valence-electron chi connectivity index (χ4n) is 3.16. The molecule has 0 radical (unpaired) electrons. The maximum atomic E-state index is 5.67. The van der Waals surface area contributed by atoms with Crippen LogP contribution < -0.4 is 19.5 Å². The lowest BCUT2D eigenvalue weighted by molar-refractivity contribution is 0.313. The van der Waals surface area contributed by atoms with Gasteiger partial charge in [0.25, 0.3) is 0 Å². The molecular weight excluding hydrogens is 471 g/mol. The van der Waals surface area contributed by atoms with Crippen molar-refractivity contribution in [3.05, 3.63) is 47.8 Å². The van der Waals surface area contributed by atoms with Gasteiger partial charge < -0.3 is 24.4 Å². The van der Waals surface area contributed by atoms with Gasteiger partial charge in [-0.05, 0) is 41.8 Å². The van der Waals surface area contributed by atoms with Crippen LogP contribution in [0, 0.1) is 0 Å². The van der Waals surface area contributed by atoms with Crippen molar-refractivity contribution in [2.45, 2.75) is 13.0 Å². The molecule has 1 aliphatic heterocycles. The molecule has 0 aliphatic carbocycles. The number of aromatic nitrogens is 1. The minimum Gasteiger partial charge on any atom is -0.493 e. The molecule has 0 amide bonds. The van der Waals surface area contributed by atoms with Gasteiger partial charge >= 0.3 is 0 Å². The molecule has 0 spiro atoms. The lowest BCUT2D eigenvalue weighted by Gasteiger charge is -2.32. The number of ether oxygens (including phenoxy) is 3. The normalized spacial score (nSPS) is 13.2. The number of methoxy groups -OCH3 is 2. The van der Waals surface area contributed by atoms with Crippen molar-refractivity contribution < 1.29 is 14.2 Å². The summed E-state index contributed by atoms with van der Waals surface area (Å²) < 4.78 is 16.5. The van der Waals surface area contributed by atoms with E-state index in [1.54, 1.807) is 33.7 Å². The average Bonchev–Trinajstić information content (AvgIpc) is 2.73. The summed E-state index contributed by atoms with van der Waals surface area (Å²) in [6.45, 7) is 2.88. The monoisotopic (exact) mass is 498 g/mol. The van der Waals surface area contributed by atoms with Crippen LogP contribution in [0.15, 0.2) is 41.7 Å². The van der Waals surface area contributed by atoms with E-state index in [0.717, 1.165) is 42.7 Å². The van der Waals surface area contributed by atoms with E-state index in [1.165, 1.54) is 11.1 Å². The molecule has 0 saturated carbocycles. The second kappa shape index (κ2) is 10.9. The highest BCUT2D eigenvalue weighted by Gasteiger charge is 2.21. The highest BCUT2D eigenvalue weighted by molar-refractivity contribution is 14.0. The molecular formula is C20H27IN4O3. The molecule has 3 rings (SSSR count). The van der Waals surface area contributed by atoms with Gasteiger partial charge in [0.1, 0.15) is 12.4 Å². The molecule has 2 heterocycles. The predicted octanol–water partition coefficient (Wildman–Crippen LogP) is 2.73. The Bertz CT molecular complexity index is 787. The summed E-state index contributed by atoms with van der Waals surface area (Å²) in [5.74, 6) is 3.16. The average molecular weight is 498 g/mol. The van der Waals surface area contributed by atoms with Crippen LogP contribution in [0.3, 0.4) is 0 Å². The number of benzene rings is 1. The van der Waals surface area contributed by atoms with Crippen LogP contribution in [-0.2, 0) is 13.0 Å². The summed E-state index contributed by atoms with van der Waals surface area (Å²) in [4.78, 5) is 10.7. The van der Waals surface area contributed by atoms with E-state index in [2.05, 4.69) is 32.3 Å². The minimum atomic E-state index is 0. The Hall–Kier alpha value is -2.23. The number of pyridine rings is 1. The molecule has 0 saturated heterocycles. The standard InChI is InChI=1S/C20H26N4O3.HI/c1-21-20(23-8-10-27-17-5-4-7-22-13-17)24-9-6-15-11-18(25-2)19(26-3)12-16(15)14-24;/h4-5,7,11-13H,6,8-10,14H2,1-3H3,(H,21,23);1H. The van der Waals surface area contributed by atoms with Crippen molar-refractivity contribution in [3.63, 3.8) is 0 Å². The van der Waals surface area contributed by atoms with E-state index in [9.17, 15) is 0 Å². The van der Waals surface area contributed by atoms with Crippen LogP contribution in [0.25, 0.3) is 0 Å². The highest BCUT2D eigenvalue weighted by atomic mass is 127. The number of aliphatic imine (C=N–C) groups is 1. The van der Waals surface area contributed by atoms with E-state index >= 15 is 0 Å². The molecule has 152 valence electrons. The van der Waals surface area contributed by atoms with E-state index < -0.39 is 0 Å². The van der Waals surface area contributed by atoms with Crippen molar-refractivity contribution in [1.29, 1.82) is 0 Å². The lowest BCUT2D eigenvalue weighted by atomic mass is 9.99. The maximum Gasteiger partial charge on any atom is 0.194 e. The molecule has 1 aromatic carbocycles. The van der Waals surface area contributed by atoms with Gasteiger partial charge in [-0.3, -0.25) is 9.98 Å². The Morgan fingerprint density at radius 3 is 2.61 bits per heavy atom. The molecule has 0 bridgehead atoms. The molecule has 0 atom stereocenters. The highest BCUT2D eigenvalue weighted by Crippen LogP contribution is 2.33. The Labute approximate surface area is 183 Å².